The van der Waals surface area contributed by atoms with E-state index in [1.54, 1.807) is 17.0 Å². The van der Waals surface area contributed by atoms with E-state index in [2.05, 4.69) is 4.90 Å². The van der Waals surface area contributed by atoms with Crippen molar-refractivity contribution in [2.75, 3.05) is 50.3 Å². The second kappa shape index (κ2) is 7.31. The first kappa shape index (κ1) is 17.7. The van der Waals surface area contributed by atoms with Gasteiger partial charge in [-0.15, -0.1) is 0 Å². The van der Waals surface area contributed by atoms with Gasteiger partial charge in [0.1, 0.15) is 6.54 Å². The fourth-order valence-corrected chi connectivity index (χ4v) is 3.59. The summed E-state index contributed by atoms with van der Waals surface area (Å²) in [5, 5.41) is 0. The molecule has 1 amide bonds. The number of anilines is 1. The van der Waals surface area contributed by atoms with E-state index < -0.39 is 10.0 Å². The van der Waals surface area contributed by atoms with Gasteiger partial charge in [0.05, 0.1) is 11.9 Å². The predicted molar refractivity (Wildman–Crippen MR) is 92.1 cm³/mol. The Kier molecular flexibility index (Phi) is 5.64. The Morgan fingerprint density at radius 3 is 2.35 bits per heavy atom. The molecule has 0 atom stereocenters. The van der Waals surface area contributed by atoms with E-state index in [9.17, 15) is 13.2 Å². The molecule has 0 aromatic heterocycles. The Labute approximate surface area is 138 Å². The summed E-state index contributed by atoms with van der Waals surface area (Å²) in [4.78, 5) is 16.4. The van der Waals surface area contributed by atoms with Crippen molar-refractivity contribution in [2.24, 2.45) is 0 Å². The molecule has 1 heterocycles. The van der Waals surface area contributed by atoms with Gasteiger partial charge in [0.2, 0.25) is 15.9 Å². The first-order valence-corrected chi connectivity index (χ1v) is 9.69. The first-order valence-electron chi connectivity index (χ1n) is 7.85. The van der Waals surface area contributed by atoms with Gasteiger partial charge in [0.25, 0.3) is 0 Å². The van der Waals surface area contributed by atoms with Gasteiger partial charge >= 0.3 is 0 Å². The smallest absolute Gasteiger partial charge is 0.243 e. The lowest BCUT2D eigenvalue weighted by Gasteiger charge is -2.34. The van der Waals surface area contributed by atoms with Crippen LogP contribution < -0.4 is 4.31 Å². The monoisotopic (exact) mass is 339 g/mol. The minimum Gasteiger partial charge on any atom is -0.339 e. The fraction of sp³-hybridized carbons (Fsp3) is 0.562. The van der Waals surface area contributed by atoms with Gasteiger partial charge < -0.3 is 9.80 Å². The van der Waals surface area contributed by atoms with Crippen LogP contribution in [0.4, 0.5) is 5.69 Å². The third-order valence-corrected chi connectivity index (χ3v) is 5.30. The van der Waals surface area contributed by atoms with Crippen LogP contribution in [-0.2, 0) is 21.2 Å². The zero-order valence-corrected chi connectivity index (χ0v) is 14.8. The molecule has 1 aromatic rings. The van der Waals surface area contributed by atoms with Gasteiger partial charge in [-0.2, -0.15) is 0 Å². The highest BCUT2D eigenvalue weighted by molar-refractivity contribution is 7.92. The quantitative estimate of drug-likeness (QED) is 0.796. The number of sulfonamides is 1. The van der Waals surface area contributed by atoms with Crippen LogP contribution in [0.3, 0.4) is 0 Å². The summed E-state index contributed by atoms with van der Waals surface area (Å²) in [5.74, 6) is -0.144. The van der Waals surface area contributed by atoms with Gasteiger partial charge in [-0.05, 0) is 25.1 Å². The summed E-state index contributed by atoms with van der Waals surface area (Å²) >= 11 is 0. The topological polar surface area (TPSA) is 60.9 Å². The maximum atomic E-state index is 12.5. The van der Waals surface area contributed by atoms with E-state index in [-0.39, 0.29) is 12.5 Å². The average Bonchev–Trinajstić information content (AvgIpc) is 2.52. The van der Waals surface area contributed by atoms with E-state index in [1.165, 1.54) is 4.31 Å². The number of piperazine rings is 1. The number of aryl methyl sites for hydroxylation is 1. The van der Waals surface area contributed by atoms with Gasteiger partial charge in [-0.3, -0.25) is 9.10 Å². The standard InChI is InChI=1S/C16H25N3O3S/c1-4-14-7-5-6-8-15(14)19(23(3,21)22)13-16(20)18-11-9-17(2)10-12-18/h5-8H,4,9-13H2,1-3H3. The molecule has 1 aromatic carbocycles. The Morgan fingerprint density at radius 2 is 1.78 bits per heavy atom. The number of likely N-dealkylation sites (N-methyl/N-ethyl adjacent to an activating group) is 1. The SMILES string of the molecule is CCc1ccccc1N(CC(=O)N1CCN(C)CC1)S(C)(=O)=O. The summed E-state index contributed by atoms with van der Waals surface area (Å²) in [6.07, 6.45) is 1.86. The van der Waals surface area contributed by atoms with Gasteiger partial charge in [0.15, 0.2) is 0 Å². The molecular weight excluding hydrogens is 314 g/mol. The molecule has 1 aliphatic rings. The zero-order chi connectivity index (χ0) is 17.0. The molecule has 0 unspecified atom stereocenters. The van der Waals surface area contributed by atoms with Crippen LogP contribution >= 0.6 is 0 Å². The molecule has 128 valence electrons. The summed E-state index contributed by atoms with van der Waals surface area (Å²) in [7, 11) is -1.50. The minimum absolute atomic E-state index is 0.139. The lowest BCUT2D eigenvalue weighted by atomic mass is 10.1. The average molecular weight is 339 g/mol. The molecule has 2 rings (SSSR count). The van der Waals surface area contributed by atoms with Crippen LogP contribution in [0, 0.1) is 0 Å². The van der Waals surface area contributed by atoms with Gasteiger partial charge in [0, 0.05) is 26.2 Å². The van der Waals surface area contributed by atoms with Crippen molar-refractivity contribution in [2.45, 2.75) is 13.3 Å². The van der Waals surface area contributed by atoms with Crippen molar-refractivity contribution in [1.29, 1.82) is 0 Å². The predicted octanol–water partition coefficient (Wildman–Crippen LogP) is 0.789. The number of nitrogens with zero attached hydrogens (tertiary/aromatic N) is 3. The van der Waals surface area contributed by atoms with Crippen molar-refractivity contribution in [3.63, 3.8) is 0 Å². The lowest BCUT2D eigenvalue weighted by molar-refractivity contribution is -0.131. The molecule has 0 saturated carbocycles. The summed E-state index contributed by atoms with van der Waals surface area (Å²) < 4.78 is 25.7. The zero-order valence-electron chi connectivity index (χ0n) is 14.0. The number of benzene rings is 1. The van der Waals surface area contributed by atoms with Crippen LogP contribution in [0.2, 0.25) is 0 Å². The third-order valence-electron chi connectivity index (χ3n) is 4.18. The number of hydrogen-bond acceptors (Lipinski definition) is 4. The Balaban J connectivity index is 2.22. The molecule has 0 bridgehead atoms. The van der Waals surface area contributed by atoms with Gasteiger partial charge in [-0.1, -0.05) is 25.1 Å². The number of rotatable bonds is 5. The van der Waals surface area contributed by atoms with Crippen molar-refractivity contribution >= 4 is 21.6 Å². The molecule has 6 nitrogen and oxygen atoms in total. The van der Waals surface area contributed by atoms with Gasteiger partial charge in [-0.25, -0.2) is 8.42 Å². The van der Waals surface area contributed by atoms with Crippen molar-refractivity contribution in [1.82, 2.24) is 9.80 Å². The lowest BCUT2D eigenvalue weighted by Crippen LogP contribution is -2.50. The van der Waals surface area contributed by atoms with Crippen molar-refractivity contribution in [3.05, 3.63) is 29.8 Å². The van der Waals surface area contributed by atoms with E-state index in [0.717, 1.165) is 24.9 Å². The molecule has 0 spiro atoms. The molecule has 1 fully saturated rings. The van der Waals surface area contributed by atoms with Crippen molar-refractivity contribution < 1.29 is 13.2 Å². The number of carbonyl (C=O) groups excluding carboxylic acids is 1. The molecule has 7 heteroatoms. The fourth-order valence-electron chi connectivity index (χ4n) is 2.71. The molecule has 1 aliphatic heterocycles. The second-order valence-corrected chi connectivity index (χ2v) is 7.84. The molecular formula is C16H25N3O3S. The van der Waals surface area contributed by atoms with E-state index in [0.29, 0.717) is 25.2 Å². The highest BCUT2D eigenvalue weighted by Gasteiger charge is 2.26. The summed E-state index contributed by atoms with van der Waals surface area (Å²) in [6.45, 7) is 4.75. The van der Waals surface area contributed by atoms with E-state index in [1.807, 2.05) is 26.1 Å². The van der Waals surface area contributed by atoms with Crippen LogP contribution in [0.1, 0.15) is 12.5 Å². The maximum Gasteiger partial charge on any atom is 0.243 e. The summed E-state index contributed by atoms with van der Waals surface area (Å²) in [5.41, 5.74) is 1.52. The summed E-state index contributed by atoms with van der Waals surface area (Å²) in [6, 6.07) is 7.34. The van der Waals surface area contributed by atoms with Crippen LogP contribution in [-0.4, -0.2) is 70.2 Å². The molecule has 0 N–H and O–H groups in total. The number of hydrogen-bond donors (Lipinski definition) is 0. The number of para-hydroxylation sites is 1. The first-order chi connectivity index (χ1) is 10.8. The van der Waals surface area contributed by atoms with Crippen molar-refractivity contribution in [3.8, 4) is 0 Å². The third kappa shape index (κ3) is 4.45. The van der Waals surface area contributed by atoms with Crippen LogP contribution in [0.15, 0.2) is 24.3 Å². The van der Waals surface area contributed by atoms with E-state index in [4.69, 9.17) is 0 Å². The molecule has 0 aliphatic carbocycles. The Morgan fingerprint density at radius 1 is 1.17 bits per heavy atom. The highest BCUT2D eigenvalue weighted by atomic mass is 32.2. The minimum atomic E-state index is -3.52. The molecule has 0 radical (unpaired) electrons. The Bertz CT molecular complexity index is 652. The second-order valence-electron chi connectivity index (χ2n) is 5.94. The van der Waals surface area contributed by atoms with Crippen LogP contribution in [0.25, 0.3) is 0 Å². The highest BCUT2D eigenvalue weighted by Crippen LogP contribution is 2.23. The van der Waals surface area contributed by atoms with Crippen LogP contribution in [0.5, 0.6) is 0 Å². The molecule has 23 heavy (non-hydrogen) atoms. The molecule has 1 saturated heterocycles. The van der Waals surface area contributed by atoms with E-state index >= 15 is 0 Å². The number of carbonyl (C=O) groups is 1. The number of amides is 1. The normalized spacial score (nSPS) is 16.4. The Hall–Kier alpha value is -1.60. The maximum absolute atomic E-state index is 12.5. The largest absolute Gasteiger partial charge is 0.339 e.